The number of benzene rings is 1. The fourth-order valence-corrected chi connectivity index (χ4v) is 2.19. The quantitative estimate of drug-likeness (QED) is 0.466. The van der Waals surface area contributed by atoms with Gasteiger partial charge >= 0.3 is 0 Å². The third-order valence-electron chi connectivity index (χ3n) is 3.13. The van der Waals surface area contributed by atoms with E-state index in [-0.39, 0.29) is 17.8 Å². The van der Waals surface area contributed by atoms with Crippen LogP contribution in [0.3, 0.4) is 0 Å². The molecule has 3 N–H and O–H groups in total. The number of amides is 1. The highest BCUT2D eigenvalue weighted by Crippen LogP contribution is 2.24. The standard InChI is InChI=1S/C12H15N3O4/c13-8-3-4-11(15(18)19)10(6-8)12(17)14-5-1-2-9(16)7-14/h3-4,6,9,16H,1-2,5,7,13H2. The van der Waals surface area contributed by atoms with Gasteiger partial charge in [0.25, 0.3) is 11.6 Å². The zero-order chi connectivity index (χ0) is 14.0. The molecule has 0 bridgehead atoms. The first-order valence-corrected chi connectivity index (χ1v) is 6.00. The minimum absolute atomic E-state index is 0.0286. The van der Waals surface area contributed by atoms with Crippen LogP contribution >= 0.6 is 0 Å². The number of nitro groups is 1. The summed E-state index contributed by atoms with van der Waals surface area (Å²) < 4.78 is 0. The number of carbonyl (C=O) groups excluding carboxylic acids is 1. The summed E-state index contributed by atoms with van der Waals surface area (Å²) in [5, 5.41) is 20.5. The second-order valence-electron chi connectivity index (χ2n) is 4.58. The predicted octanol–water partition coefficient (Wildman–Crippen LogP) is 0.774. The first kappa shape index (κ1) is 13.3. The lowest BCUT2D eigenvalue weighted by Gasteiger charge is -2.30. The minimum Gasteiger partial charge on any atom is -0.399 e. The molecule has 1 aromatic carbocycles. The molecule has 0 aromatic heterocycles. The summed E-state index contributed by atoms with van der Waals surface area (Å²) >= 11 is 0. The Kier molecular flexibility index (Phi) is 3.66. The molecular formula is C12H15N3O4. The van der Waals surface area contributed by atoms with Crippen molar-refractivity contribution in [2.75, 3.05) is 18.8 Å². The maximum absolute atomic E-state index is 12.3. The number of carbonyl (C=O) groups is 1. The molecule has 102 valence electrons. The van der Waals surface area contributed by atoms with Crippen molar-refractivity contribution < 1.29 is 14.8 Å². The van der Waals surface area contributed by atoms with Gasteiger partial charge in [-0.1, -0.05) is 0 Å². The van der Waals surface area contributed by atoms with E-state index < -0.39 is 16.9 Å². The Morgan fingerprint density at radius 2 is 2.26 bits per heavy atom. The normalized spacial score (nSPS) is 19.2. The summed E-state index contributed by atoms with van der Waals surface area (Å²) in [6.45, 7) is 0.687. The van der Waals surface area contributed by atoms with Gasteiger partial charge in [-0.15, -0.1) is 0 Å². The van der Waals surface area contributed by atoms with Crippen LogP contribution in [0.1, 0.15) is 23.2 Å². The topological polar surface area (TPSA) is 110 Å². The van der Waals surface area contributed by atoms with Crippen molar-refractivity contribution in [1.29, 1.82) is 0 Å². The second kappa shape index (κ2) is 5.23. The zero-order valence-electron chi connectivity index (χ0n) is 10.3. The molecule has 7 nitrogen and oxygen atoms in total. The van der Waals surface area contributed by atoms with Gasteiger partial charge in [-0.25, -0.2) is 0 Å². The molecule has 0 radical (unpaired) electrons. The number of rotatable bonds is 2. The third kappa shape index (κ3) is 2.82. The Bertz CT molecular complexity index is 518. The fraction of sp³-hybridized carbons (Fsp3) is 0.417. The van der Waals surface area contributed by atoms with E-state index in [1.54, 1.807) is 0 Å². The molecule has 1 saturated heterocycles. The Morgan fingerprint density at radius 1 is 1.53 bits per heavy atom. The lowest BCUT2D eigenvalue weighted by atomic mass is 10.1. The molecule has 1 aliphatic rings. The number of aliphatic hydroxyl groups excluding tert-OH is 1. The number of likely N-dealkylation sites (tertiary alicyclic amines) is 1. The molecule has 0 spiro atoms. The molecule has 1 aliphatic heterocycles. The molecule has 1 amide bonds. The maximum Gasteiger partial charge on any atom is 0.282 e. The zero-order valence-corrected chi connectivity index (χ0v) is 10.3. The van der Waals surface area contributed by atoms with Gasteiger partial charge in [-0.3, -0.25) is 14.9 Å². The van der Waals surface area contributed by atoms with E-state index in [9.17, 15) is 20.0 Å². The highest BCUT2D eigenvalue weighted by molar-refractivity contribution is 5.99. The van der Waals surface area contributed by atoms with Crippen molar-refractivity contribution in [1.82, 2.24) is 4.90 Å². The average molecular weight is 265 g/mol. The number of aliphatic hydroxyl groups is 1. The van der Waals surface area contributed by atoms with Gasteiger partial charge in [0, 0.05) is 24.8 Å². The molecule has 19 heavy (non-hydrogen) atoms. The number of nitro benzene ring substituents is 1. The first-order valence-electron chi connectivity index (χ1n) is 6.00. The van der Waals surface area contributed by atoms with Gasteiger partial charge in [0.1, 0.15) is 5.56 Å². The van der Waals surface area contributed by atoms with Crippen LogP contribution in [0.25, 0.3) is 0 Å². The van der Waals surface area contributed by atoms with Crippen LogP contribution in [0.15, 0.2) is 18.2 Å². The van der Waals surface area contributed by atoms with Crippen LogP contribution in [0, 0.1) is 10.1 Å². The van der Waals surface area contributed by atoms with Crippen LogP contribution in [0.4, 0.5) is 11.4 Å². The van der Waals surface area contributed by atoms with Crippen LogP contribution in [-0.2, 0) is 0 Å². The Labute approximate surface area is 109 Å². The summed E-state index contributed by atoms with van der Waals surface area (Å²) in [7, 11) is 0. The summed E-state index contributed by atoms with van der Waals surface area (Å²) in [6, 6.07) is 3.92. The van der Waals surface area contributed by atoms with E-state index in [0.29, 0.717) is 25.1 Å². The van der Waals surface area contributed by atoms with Gasteiger partial charge in [0.2, 0.25) is 0 Å². The minimum atomic E-state index is -0.604. The van der Waals surface area contributed by atoms with Crippen LogP contribution in [0.5, 0.6) is 0 Å². The maximum atomic E-state index is 12.3. The van der Waals surface area contributed by atoms with Crippen molar-refractivity contribution in [3.8, 4) is 0 Å². The molecule has 1 fully saturated rings. The highest BCUT2D eigenvalue weighted by atomic mass is 16.6. The lowest BCUT2D eigenvalue weighted by molar-refractivity contribution is -0.385. The molecule has 0 aliphatic carbocycles. The number of hydrogen-bond donors (Lipinski definition) is 2. The Morgan fingerprint density at radius 3 is 2.89 bits per heavy atom. The van der Waals surface area contributed by atoms with Crippen LogP contribution < -0.4 is 5.73 Å². The number of nitrogen functional groups attached to an aromatic ring is 1. The van der Waals surface area contributed by atoms with Crippen molar-refractivity contribution in [2.45, 2.75) is 18.9 Å². The largest absolute Gasteiger partial charge is 0.399 e. The molecule has 1 atom stereocenters. The molecule has 7 heteroatoms. The summed E-state index contributed by atoms with van der Waals surface area (Å²) in [5.41, 5.74) is 5.58. The number of anilines is 1. The molecule has 0 saturated carbocycles. The SMILES string of the molecule is Nc1ccc([N+](=O)[O-])c(C(=O)N2CCCC(O)C2)c1. The van der Waals surface area contributed by atoms with Crippen LogP contribution in [0.2, 0.25) is 0 Å². The number of nitrogens with zero attached hydrogens (tertiary/aromatic N) is 2. The van der Waals surface area contributed by atoms with Gasteiger partial charge in [-0.2, -0.15) is 0 Å². The summed E-state index contributed by atoms with van der Waals surface area (Å²) in [4.78, 5) is 24.0. The number of hydrogen-bond acceptors (Lipinski definition) is 5. The van der Waals surface area contributed by atoms with Crippen LogP contribution in [-0.4, -0.2) is 40.0 Å². The molecule has 1 aromatic rings. The molecule has 1 unspecified atom stereocenters. The van der Waals surface area contributed by atoms with E-state index in [1.807, 2.05) is 0 Å². The average Bonchev–Trinajstić information content (AvgIpc) is 2.37. The molecule has 1 heterocycles. The van der Waals surface area contributed by atoms with E-state index in [0.717, 1.165) is 0 Å². The number of piperidine rings is 1. The number of β-amino-alcohol motifs (C(OH)–C–C–N with tert-alkyl or cyclic N) is 1. The van der Waals surface area contributed by atoms with Gasteiger partial charge in [-0.05, 0) is 25.0 Å². The second-order valence-corrected chi connectivity index (χ2v) is 4.58. The van der Waals surface area contributed by atoms with Crippen molar-refractivity contribution in [2.24, 2.45) is 0 Å². The summed E-state index contributed by atoms with van der Waals surface area (Å²) in [6.07, 6.45) is 0.754. The van der Waals surface area contributed by atoms with Gasteiger partial charge in [0.05, 0.1) is 11.0 Å². The van der Waals surface area contributed by atoms with Gasteiger partial charge < -0.3 is 15.7 Å². The van der Waals surface area contributed by atoms with E-state index in [4.69, 9.17) is 5.73 Å². The van der Waals surface area contributed by atoms with Gasteiger partial charge in [0.15, 0.2) is 0 Å². The highest BCUT2D eigenvalue weighted by Gasteiger charge is 2.28. The molecule has 2 rings (SSSR count). The molecular weight excluding hydrogens is 250 g/mol. The third-order valence-corrected chi connectivity index (χ3v) is 3.13. The fourth-order valence-electron chi connectivity index (χ4n) is 2.19. The lowest BCUT2D eigenvalue weighted by Crippen LogP contribution is -2.42. The monoisotopic (exact) mass is 265 g/mol. The van der Waals surface area contributed by atoms with Crippen molar-refractivity contribution in [3.63, 3.8) is 0 Å². The van der Waals surface area contributed by atoms with E-state index >= 15 is 0 Å². The van der Waals surface area contributed by atoms with E-state index in [2.05, 4.69) is 0 Å². The smallest absolute Gasteiger partial charge is 0.282 e. The van der Waals surface area contributed by atoms with Crippen molar-refractivity contribution >= 4 is 17.3 Å². The first-order chi connectivity index (χ1) is 8.99. The number of nitrogens with two attached hydrogens (primary N) is 1. The Hall–Kier alpha value is -2.15. The predicted molar refractivity (Wildman–Crippen MR) is 68.7 cm³/mol. The Balaban J connectivity index is 2.32. The van der Waals surface area contributed by atoms with Crippen molar-refractivity contribution in [3.05, 3.63) is 33.9 Å². The van der Waals surface area contributed by atoms with E-state index in [1.165, 1.54) is 23.1 Å². The summed E-state index contributed by atoms with van der Waals surface area (Å²) in [5.74, 6) is -0.460.